The first-order valence-corrected chi connectivity index (χ1v) is 7.50. The van der Waals surface area contributed by atoms with Crippen molar-refractivity contribution in [1.82, 2.24) is 0 Å². The van der Waals surface area contributed by atoms with Gasteiger partial charge in [0.05, 0.1) is 0 Å². The molecule has 1 nitrogen and oxygen atoms in total. The monoisotopic (exact) mass is 321 g/mol. The molecule has 0 aliphatic heterocycles. The van der Waals surface area contributed by atoms with Gasteiger partial charge in [0.25, 0.3) is 0 Å². The summed E-state index contributed by atoms with van der Waals surface area (Å²) in [6, 6.07) is 19.0. The second-order valence-electron chi connectivity index (χ2n) is 6.29. The highest BCUT2D eigenvalue weighted by molar-refractivity contribution is 6.30. The fourth-order valence-corrected chi connectivity index (χ4v) is 3.68. The van der Waals surface area contributed by atoms with Gasteiger partial charge in [-0.3, -0.25) is 0 Å². The maximum atomic E-state index is 6.43. The van der Waals surface area contributed by atoms with Gasteiger partial charge in [-0.25, -0.2) is 0 Å². The molecular weight excluding hydrogens is 301 g/mol. The zero-order chi connectivity index (χ0) is 14.2. The van der Waals surface area contributed by atoms with Gasteiger partial charge in [-0.1, -0.05) is 54.1 Å². The van der Waals surface area contributed by atoms with Gasteiger partial charge in [-0.2, -0.15) is 0 Å². The van der Waals surface area contributed by atoms with Crippen LogP contribution in [-0.4, -0.2) is 5.54 Å². The number of hydrogen-bond acceptors (Lipinski definition) is 1. The molecule has 0 spiro atoms. The van der Waals surface area contributed by atoms with E-state index in [1.165, 1.54) is 11.1 Å². The molecule has 3 heteroatoms. The quantitative estimate of drug-likeness (QED) is 0.832. The highest BCUT2D eigenvalue weighted by atomic mass is 35.5. The molecule has 0 aromatic heterocycles. The average Bonchev–Trinajstić information content (AvgIpc) is 2.78. The molecule has 1 aliphatic carbocycles. The lowest BCUT2D eigenvalue weighted by molar-refractivity contribution is 0.443. The van der Waals surface area contributed by atoms with Gasteiger partial charge in [0, 0.05) is 16.0 Å². The number of halogens is 2. The van der Waals surface area contributed by atoms with Crippen LogP contribution >= 0.6 is 24.0 Å². The van der Waals surface area contributed by atoms with Crippen LogP contribution in [-0.2, 0) is 5.41 Å². The normalized spacial score (nSPS) is 28.1. The minimum atomic E-state index is -0.102. The highest BCUT2D eigenvalue weighted by Gasteiger charge is 2.45. The Balaban J connectivity index is 0.00000161. The Hall–Kier alpha value is -1.02. The molecule has 0 amide bonds. The van der Waals surface area contributed by atoms with E-state index in [-0.39, 0.29) is 23.4 Å². The van der Waals surface area contributed by atoms with Crippen LogP contribution in [0.4, 0.5) is 0 Å². The van der Waals surface area contributed by atoms with Crippen molar-refractivity contribution in [2.45, 2.75) is 37.1 Å². The SMILES string of the molecule is CC1(N)CCC(c2ccccc2)(c2ccc(Cl)cc2)C1.Cl. The van der Waals surface area contributed by atoms with Crippen molar-refractivity contribution in [3.8, 4) is 0 Å². The van der Waals surface area contributed by atoms with Crippen LogP contribution in [0.2, 0.25) is 5.02 Å². The highest BCUT2D eigenvalue weighted by Crippen LogP contribution is 2.49. The third-order valence-electron chi connectivity index (χ3n) is 4.55. The zero-order valence-electron chi connectivity index (χ0n) is 12.2. The Morgan fingerprint density at radius 2 is 1.48 bits per heavy atom. The Bertz CT molecular complexity index is 592. The van der Waals surface area contributed by atoms with Crippen molar-refractivity contribution >= 4 is 24.0 Å². The molecule has 1 aliphatic rings. The summed E-state index contributed by atoms with van der Waals surface area (Å²) >= 11 is 6.04. The van der Waals surface area contributed by atoms with Crippen LogP contribution < -0.4 is 5.73 Å². The molecule has 2 unspecified atom stereocenters. The lowest BCUT2D eigenvalue weighted by Gasteiger charge is -2.32. The second kappa shape index (κ2) is 6.00. The van der Waals surface area contributed by atoms with E-state index < -0.39 is 0 Å². The predicted molar refractivity (Wildman–Crippen MR) is 92.4 cm³/mol. The molecule has 0 heterocycles. The number of nitrogens with two attached hydrogens (primary N) is 1. The molecule has 1 fully saturated rings. The fraction of sp³-hybridized carbons (Fsp3) is 0.333. The Labute approximate surface area is 137 Å². The summed E-state index contributed by atoms with van der Waals surface area (Å²) in [7, 11) is 0. The van der Waals surface area contributed by atoms with Crippen molar-refractivity contribution in [2.24, 2.45) is 5.73 Å². The van der Waals surface area contributed by atoms with Crippen molar-refractivity contribution in [3.05, 3.63) is 70.7 Å². The smallest absolute Gasteiger partial charge is 0.0406 e. The van der Waals surface area contributed by atoms with Crippen LogP contribution in [0, 0.1) is 0 Å². The van der Waals surface area contributed by atoms with E-state index in [0.29, 0.717) is 0 Å². The van der Waals surface area contributed by atoms with Gasteiger partial charge in [-0.05, 0) is 49.4 Å². The topological polar surface area (TPSA) is 26.0 Å². The van der Waals surface area contributed by atoms with Gasteiger partial charge >= 0.3 is 0 Å². The average molecular weight is 322 g/mol. The van der Waals surface area contributed by atoms with Gasteiger partial charge in [-0.15, -0.1) is 12.4 Å². The summed E-state index contributed by atoms with van der Waals surface area (Å²) in [6.45, 7) is 2.16. The Kier molecular flexibility index (Phi) is 4.67. The lowest BCUT2D eigenvalue weighted by atomic mass is 9.72. The number of benzene rings is 2. The minimum absolute atomic E-state index is 0. The van der Waals surface area contributed by atoms with Crippen LogP contribution in [0.25, 0.3) is 0 Å². The summed E-state index contributed by atoms with van der Waals surface area (Å²) in [5.74, 6) is 0. The summed E-state index contributed by atoms with van der Waals surface area (Å²) in [4.78, 5) is 0. The van der Waals surface area contributed by atoms with Crippen molar-refractivity contribution in [2.75, 3.05) is 0 Å². The van der Waals surface area contributed by atoms with Crippen LogP contribution in [0.15, 0.2) is 54.6 Å². The molecule has 2 aromatic carbocycles. The first kappa shape index (κ1) is 16.4. The molecular formula is C18H21Cl2N. The third kappa shape index (κ3) is 3.11. The van der Waals surface area contributed by atoms with Crippen molar-refractivity contribution < 1.29 is 0 Å². The zero-order valence-corrected chi connectivity index (χ0v) is 13.8. The van der Waals surface area contributed by atoms with Crippen LogP contribution in [0.5, 0.6) is 0 Å². The minimum Gasteiger partial charge on any atom is -0.325 e. The third-order valence-corrected chi connectivity index (χ3v) is 4.80. The summed E-state index contributed by atoms with van der Waals surface area (Å²) in [5, 5.41) is 0.783. The summed E-state index contributed by atoms with van der Waals surface area (Å²) in [5.41, 5.74) is 9.03. The maximum Gasteiger partial charge on any atom is 0.0406 e. The fourth-order valence-electron chi connectivity index (χ4n) is 3.55. The number of rotatable bonds is 2. The van der Waals surface area contributed by atoms with E-state index in [4.69, 9.17) is 17.3 Å². The van der Waals surface area contributed by atoms with E-state index in [2.05, 4.69) is 49.4 Å². The molecule has 2 N–H and O–H groups in total. The molecule has 0 bridgehead atoms. The molecule has 0 radical (unpaired) electrons. The van der Waals surface area contributed by atoms with Crippen LogP contribution in [0.1, 0.15) is 37.3 Å². The van der Waals surface area contributed by atoms with E-state index in [0.717, 1.165) is 24.3 Å². The molecule has 2 aromatic rings. The summed E-state index contributed by atoms with van der Waals surface area (Å²) in [6.07, 6.45) is 3.11. The first-order chi connectivity index (χ1) is 9.52. The molecule has 0 saturated heterocycles. The van der Waals surface area contributed by atoms with E-state index >= 15 is 0 Å². The Morgan fingerprint density at radius 1 is 0.905 bits per heavy atom. The van der Waals surface area contributed by atoms with Gasteiger partial charge in [0.1, 0.15) is 0 Å². The molecule has 112 valence electrons. The van der Waals surface area contributed by atoms with E-state index in [1.54, 1.807) is 0 Å². The standard InChI is InChI=1S/C18H20ClN.ClH/c1-17(20)11-12-18(13-17,14-5-3-2-4-6-14)15-7-9-16(19)10-8-15;/h2-10H,11-13,20H2,1H3;1H. The molecule has 3 rings (SSSR count). The molecule has 21 heavy (non-hydrogen) atoms. The molecule has 1 saturated carbocycles. The Morgan fingerprint density at radius 3 is 2.00 bits per heavy atom. The van der Waals surface area contributed by atoms with Gasteiger partial charge < -0.3 is 5.73 Å². The largest absolute Gasteiger partial charge is 0.325 e. The van der Waals surface area contributed by atoms with E-state index in [1.807, 2.05) is 12.1 Å². The van der Waals surface area contributed by atoms with Gasteiger partial charge in [0.2, 0.25) is 0 Å². The van der Waals surface area contributed by atoms with E-state index in [9.17, 15) is 0 Å². The lowest BCUT2D eigenvalue weighted by Crippen LogP contribution is -2.36. The van der Waals surface area contributed by atoms with Crippen molar-refractivity contribution in [1.29, 1.82) is 0 Å². The maximum absolute atomic E-state index is 6.43. The number of hydrogen-bond donors (Lipinski definition) is 1. The van der Waals surface area contributed by atoms with Crippen LogP contribution in [0.3, 0.4) is 0 Å². The van der Waals surface area contributed by atoms with Gasteiger partial charge in [0.15, 0.2) is 0 Å². The first-order valence-electron chi connectivity index (χ1n) is 7.12. The second-order valence-corrected chi connectivity index (χ2v) is 6.72. The predicted octanol–water partition coefficient (Wildman–Crippen LogP) is 4.95. The molecule has 2 atom stereocenters. The summed E-state index contributed by atoms with van der Waals surface area (Å²) < 4.78 is 0. The van der Waals surface area contributed by atoms with Crippen molar-refractivity contribution in [3.63, 3.8) is 0 Å².